The minimum absolute atomic E-state index is 0.278. The number of rotatable bonds is 6. The number of ether oxygens (including phenoxy) is 3. The van der Waals surface area contributed by atoms with E-state index in [1.807, 2.05) is 19.1 Å². The lowest BCUT2D eigenvalue weighted by molar-refractivity contribution is 0.0526. The van der Waals surface area contributed by atoms with Crippen molar-refractivity contribution in [3.05, 3.63) is 51.5 Å². The minimum Gasteiger partial charge on any atom is -0.496 e. The zero-order valence-corrected chi connectivity index (χ0v) is 18.9. The number of esters is 1. The number of carbonyl (C=O) groups is 2. The Bertz CT molecular complexity index is 941. The van der Waals surface area contributed by atoms with Gasteiger partial charge in [0.25, 0.3) is 5.91 Å². The first-order valence-electron chi connectivity index (χ1n) is 9.74. The third kappa shape index (κ3) is 4.94. The first kappa shape index (κ1) is 22.1. The quantitative estimate of drug-likeness (QED) is 0.634. The van der Waals surface area contributed by atoms with Crippen LogP contribution in [-0.4, -0.2) is 51.9 Å². The highest BCUT2D eigenvalue weighted by molar-refractivity contribution is 9.10. The number of methoxy groups -OCH3 is 1. The first-order chi connectivity index (χ1) is 14.4. The van der Waals surface area contributed by atoms with Crippen molar-refractivity contribution in [3.8, 4) is 5.75 Å². The van der Waals surface area contributed by atoms with Gasteiger partial charge in [0.05, 0.1) is 49.4 Å². The molecular formula is C22H25BrN2O5. The second-order valence-corrected chi connectivity index (χ2v) is 7.73. The van der Waals surface area contributed by atoms with Crippen LogP contribution >= 0.6 is 15.9 Å². The average Bonchev–Trinajstić information content (AvgIpc) is 2.74. The number of anilines is 2. The Balaban J connectivity index is 1.99. The zero-order chi connectivity index (χ0) is 21.7. The van der Waals surface area contributed by atoms with Crippen LogP contribution in [0.1, 0.15) is 33.2 Å². The molecule has 0 spiro atoms. The van der Waals surface area contributed by atoms with Crippen LogP contribution in [0.15, 0.2) is 34.8 Å². The fraction of sp³-hybridized carbons (Fsp3) is 0.364. The molecule has 1 amide bonds. The molecule has 1 fully saturated rings. The number of carbonyl (C=O) groups excluding carboxylic acids is 2. The Morgan fingerprint density at radius 1 is 1.20 bits per heavy atom. The van der Waals surface area contributed by atoms with Crippen molar-refractivity contribution in [2.45, 2.75) is 13.8 Å². The summed E-state index contributed by atoms with van der Waals surface area (Å²) >= 11 is 3.44. The standard InChI is InChI=1S/C22H25BrN2O5/c1-4-30-22(27)15-5-6-19(25-7-9-29-10-8-25)18(12-15)24-21(26)17-13-16(23)11-14(2)20(17)28-3/h5-6,11-13H,4,7-10H2,1-3H3,(H,24,26). The highest BCUT2D eigenvalue weighted by Gasteiger charge is 2.21. The molecule has 2 aromatic rings. The van der Waals surface area contributed by atoms with Crippen molar-refractivity contribution in [1.82, 2.24) is 0 Å². The van der Waals surface area contributed by atoms with Gasteiger partial charge in [-0.05, 0) is 49.7 Å². The van der Waals surface area contributed by atoms with Gasteiger partial charge in [0.1, 0.15) is 5.75 Å². The number of morpholine rings is 1. The van der Waals surface area contributed by atoms with Crippen LogP contribution in [0.5, 0.6) is 5.75 Å². The molecule has 1 saturated heterocycles. The number of halogens is 1. The maximum atomic E-state index is 13.2. The van der Waals surface area contributed by atoms with Crippen LogP contribution in [0, 0.1) is 6.92 Å². The molecule has 1 aliphatic heterocycles. The number of hydrogen-bond donors (Lipinski definition) is 1. The summed E-state index contributed by atoms with van der Waals surface area (Å²) in [7, 11) is 1.54. The summed E-state index contributed by atoms with van der Waals surface area (Å²) in [5.41, 5.74) is 2.98. The van der Waals surface area contributed by atoms with Gasteiger partial charge in [0, 0.05) is 17.6 Å². The molecule has 0 atom stereocenters. The lowest BCUT2D eigenvalue weighted by atomic mass is 10.1. The van der Waals surface area contributed by atoms with Gasteiger partial charge in [-0.1, -0.05) is 15.9 Å². The van der Waals surface area contributed by atoms with E-state index in [4.69, 9.17) is 14.2 Å². The largest absolute Gasteiger partial charge is 0.496 e. The van der Waals surface area contributed by atoms with Crippen molar-refractivity contribution in [1.29, 1.82) is 0 Å². The molecule has 1 N–H and O–H groups in total. The second kappa shape index (κ2) is 9.95. The lowest BCUT2D eigenvalue weighted by Crippen LogP contribution is -2.36. The molecule has 1 aliphatic rings. The van der Waals surface area contributed by atoms with Gasteiger partial charge in [-0.2, -0.15) is 0 Å². The van der Waals surface area contributed by atoms with Gasteiger partial charge >= 0.3 is 5.97 Å². The maximum Gasteiger partial charge on any atom is 0.338 e. The highest BCUT2D eigenvalue weighted by Crippen LogP contribution is 2.32. The van der Waals surface area contributed by atoms with E-state index in [2.05, 4.69) is 26.1 Å². The number of nitrogens with one attached hydrogen (secondary N) is 1. The normalized spacial score (nSPS) is 13.7. The highest BCUT2D eigenvalue weighted by atomic mass is 79.9. The number of nitrogens with zero attached hydrogens (tertiary/aromatic N) is 1. The fourth-order valence-corrected chi connectivity index (χ4v) is 3.99. The lowest BCUT2D eigenvalue weighted by Gasteiger charge is -2.30. The summed E-state index contributed by atoms with van der Waals surface area (Å²) < 4.78 is 16.8. The smallest absolute Gasteiger partial charge is 0.338 e. The van der Waals surface area contributed by atoms with E-state index in [1.165, 1.54) is 7.11 Å². The Morgan fingerprint density at radius 3 is 2.60 bits per heavy atom. The number of aryl methyl sites for hydroxylation is 1. The maximum absolute atomic E-state index is 13.2. The summed E-state index contributed by atoms with van der Waals surface area (Å²) in [4.78, 5) is 27.5. The van der Waals surface area contributed by atoms with E-state index in [0.717, 1.165) is 15.7 Å². The molecule has 2 aromatic carbocycles. The molecule has 30 heavy (non-hydrogen) atoms. The van der Waals surface area contributed by atoms with E-state index in [1.54, 1.807) is 25.1 Å². The average molecular weight is 477 g/mol. The van der Waals surface area contributed by atoms with E-state index in [9.17, 15) is 9.59 Å². The van der Waals surface area contributed by atoms with E-state index >= 15 is 0 Å². The molecule has 8 heteroatoms. The van der Waals surface area contributed by atoms with Crippen molar-refractivity contribution >= 4 is 39.2 Å². The Kier molecular flexibility index (Phi) is 7.33. The van der Waals surface area contributed by atoms with Crippen LogP contribution in [0.2, 0.25) is 0 Å². The molecule has 1 heterocycles. The molecule has 0 saturated carbocycles. The first-order valence-corrected chi connectivity index (χ1v) is 10.5. The SMILES string of the molecule is CCOC(=O)c1ccc(N2CCOCC2)c(NC(=O)c2cc(Br)cc(C)c2OC)c1. The zero-order valence-electron chi connectivity index (χ0n) is 17.3. The fourth-order valence-electron chi connectivity index (χ4n) is 3.42. The molecule has 160 valence electrons. The Morgan fingerprint density at radius 2 is 1.93 bits per heavy atom. The van der Waals surface area contributed by atoms with Gasteiger partial charge < -0.3 is 24.4 Å². The third-order valence-corrected chi connectivity index (χ3v) is 5.25. The molecule has 0 aromatic heterocycles. The van der Waals surface area contributed by atoms with Crippen molar-refractivity contribution < 1.29 is 23.8 Å². The Labute approximate surface area is 184 Å². The number of benzene rings is 2. The van der Waals surface area contributed by atoms with Crippen LogP contribution in [0.4, 0.5) is 11.4 Å². The molecule has 7 nitrogen and oxygen atoms in total. The molecule has 0 radical (unpaired) electrons. The third-order valence-electron chi connectivity index (χ3n) is 4.80. The summed E-state index contributed by atoms with van der Waals surface area (Å²) in [5, 5.41) is 2.96. The van der Waals surface area contributed by atoms with Crippen LogP contribution in [0.25, 0.3) is 0 Å². The van der Waals surface area contributed by atoms with Gasteiger partial charge in [0.2, 0.25) is 0 Å². The number of hydrogen-bond acceptors (Lipinski definition) is 6. The molecule has 0 aliphatic carbocycles. The van der Waals surface area contributed by atoms with Crippen LogP contribution in [0.3, 0.4) is 0 Å². The summed E-state index contributed by atoms with van der Waals surface area (Å²) in [6.45, 7) is 6.50. The van der Waals surface area contributed by atoms with Gasteiger partial charge in [-0.15, -0.1) is 0 Å². The van der Waals surface area contributed by atoms with E-state index < -0.39 is 5.97 Å². The summed E-state index contributed by atoms with van der Waals surface area (Å²) in [5.74, 6) is -0.255. The molecule has 0 bridgehead atoms. The van der Waals surface area contributed by atoms with Crippen LogP contribution < -0.4 is 15.0 Å². The van der Waals surface area contributed by atoms with Gasteiger partial charge in [-0.25, -0.2) is 4.79 Å². The summed E-state index contributed by atoms with van der Waals surface area (Å²) in [6.07, 6.45) is 0. The summed E-state index contributed by atoms with van der Waals surface area (Å²) in [6, 6.07) is 8.79. The van der Waals surface area contributed by atoms with E-state index in [0.29, 0.717) is 48.9 Å². The van der Waals surface area contributed by atoms with E-state index in [-0.39, 0.29) is 12.5 Å². The van der Waals surface area contributed by atoms with Gasteiger partial charge in [0.15, 0.2) is 0 Å². The van der Waals surface area contributed by atoms with Crippen molar-refractivity contribution in [2.24, 2.45) is 0 Å². The monoisotopic (exact) mass is 476 g/mol. The molecule has 0 unspecified atom stereocenters. The topological polar surface area (TPSA) is 77.1 Å². The van der Waals surface area contributed by atoms with Crippen LogP contribution in [-0.2, 0) is 9.47 Å². The molecular weight excluding hydrogens is 452 g/mol. The van der Waals surface area contributed by atoms with Crippen molar-refractivity contribution in [2.75, 3.05) is 50.2 Å². The van der Waals surface area contributed by atoms with Crippen molar-refractivity contribution in [3.63, 3.8) is 0 Å². The molecule has 3 rings (SSSR count). The van der Waals surface area contributed by atoms with Gasteiger partial charge in [-0.3, -0.25) is 4.79 Å². The second-order valence-electron chi connectivity index (χ2n) is 6.81. The predicted octanol–water partition coefficient (Wildman–Crippen LogP) is 4.03. The number of amides is 1. The minimum atomic E-state index is -0.433. The Hall–Kier alpha value is -2.58. The predicted molar refractivity (Wildman–Crippen MR) is 119 cm³/mol.